The first-order chi connectivity index (χ1) is 11.8. The number of hydrogen-bond acceptors (Lipinski definition) is 3. The predicted octanol–water partition coefficient (Wildman–Crippen LogP) is 5.41. The largest absolute Gasteiger partial charge is 0.379 e. The lowest BCUT2D eigenvalue weighted by molar-refractivity contribution is -0.130. The van der Waals surface area contributed by atoms with Crippen LogP contribution in [0.25, 0.3) is 0 Å². The van der Waals surface area contributed by atoms with Crippen molar-refractivity contribution in [2.45, 2.75) is 91.6 Å². The zero-order valence-electron chi connectivity index (χ0n) is 17.2. The van der Waals surface area contributed by atoms with Gasteiger partial charge in [-0.3, -0.25) is 4.79 Å². The molecular weight excluding hydrogens is 312 g/mol. The molecule has 0 N–H and O–H groups in total. The van der Waals surface area contributed by atoms with Crippen molar-refractivity contribution in [3.05, 3.63) is 0 Å². The number of ether oxygens (including phenoxy) is 2. The molecule has 0 aromatic heterocycles. The fourth-order valence-electron chi connectivity index (χ4n) is 5.55. The summed E-state index contributed by atoms with van der Waals surface area (Å²) in [7, 11) is 0. The van der Waals surface area contributed by atoms with E-state index in [1.165, 1.54) is 25.7 Å². The first kappa shape index (κ1) is 20.9. The van der Waals surface area contributed by atoms with Gasteiger partial charge in [0.05, 0.1) is 18.8 Å². The maximum absolute atomic E-state index is 12.3. The van der Waals surface area contributed by atoms with Crippen molar-refractivity contribution in [3.63, 3.8) is 0 Å². The number of hydrogen-bond donors (Lipinski definition) is 0. The Labute approximate surface area is 155 Å². The topological polar surface area (TPSA) is 35.5 Å². The standard InChI is InChI=1S/C22H40O3/c1-6-24-15-16-25-21(3,4)13-7-9-17(2)18-11-12-19-20(23)10-8-14-22(18,19)5/h17-19H,6-16H2,1-5H3/t17-,18+,19+,22+/m0/s1. The number of fused-ring (bicyclic) bond motifs is 1. The van der Waals surface area contributed by atoms with Gasteiger partial charge in [0.2, 0.25) is 0 Å². The fourth-order valence-corrected chi connectivity index (χ4v) is 5.55. The maximum Gasteiger partial charge on any atom is 0.136 e. The molecule has 25 heavy (non-hydrogen) atoms. The van der Waals surface area contributed by atoms with Crippen LogP contribution in [0.15, 0.2) is 0 Å². The summed E-state index contributed by atoms with van der Waals surface area (Å²) in [4.78, 5) is 12.3. The van der Waals surface area contributed by atoms with E-state index >= 15 is 0 Å². The minimum absolute atomic E-state index is 0.0697. The SMILES string of the molecule is CCOCCOC(C)(C)CCC[C@H](C)[C@H]1CC[C@@H]2C(=O)CCC[C@@]21C. The lowest BCUT2D eigenvalue weighted by Crippen LogP contribution is -2.39. The van der Waals surface area contributed by atoms with Gasteiger partial charge in [-0.2, -0.15) is 0 Å². The zero-order valence-corrected chi connectivity index (χ0v) is 17.2. The molecule has 0 aromatic rings. The lowest BCUT2D eigenvalue weighted by Gasteiger charge is -2.42. The quantitative estimate of drug-likeness (QED) is 0.493. The van der Waals surface area contributed by atoms with Gasteiger partial charge < -0.3 is 9.47 Å². The van der Waals surface area contributed by atoms with E-state index in [9.17, 15) is 4.79 Å². The first-order valence-corrected chi connectivity index (χ1v) is 10.5. The Hall–Kier alpha value is -0.410. The maximum atomic E-state index is 12.3. The second kappa shape index (κ2) is 8.99. The third-order valence-electron chi connectivity index (χ3n) is 6.99. The molecule has 2 aliphatic carbocycles. The highest BCUT2D eigenvalue weighted by Crippen LogP contribution is 2.57. The van der Waals surface area contributed by atoms with Gasteiger partial charge >= 0.3 is 0 Å². The Balaban J connectivity index is 1.76. The van der Waals surface area contributed by atoms with E-state index in [4.69, 9.17) is 9.47 Å². The van der Waals surface area contributed by atoms with Gasteiger partial charge in [0.1, 0.15) is 5.78 Å². The van der Waals surface area contributed by atoms with Gasteiger partial charge in [-0.1, -0.05) is 26.7 Å². The van der Waals surface area contributed by atoms with E-state index in [2.05, 4.69) is 27.7 Å². The summed E-state index contributed by atoms with van der Waals surface area (Å²) in [6.07, 6.45) is 9.12. The molecule has 0 aromatic carbocycles. The van der Waals surface area contributed by atoms with Gasteiger partial charge in [-0.05, 0) is 70.1 Å². The van der Waals surface area contributed by atoms with E-state index in [0.29, 0.717) is 30.8 Å². The Kier molecular flexibility index (Phi) is 7.52. The average Bonchev–Trinajstić information content (AvgIpc) is 2.90. The Morgan fingerprint density at radius 3 is 2.76 bits per heavy atom. The summed E-state index contributed by atoms with van der Waals surface area (Å²) in [6, 6.07) is 0. The second-order valence-electron chi connectivity index (χ2n) is 9.24. The van der Waals surface area contributed by atoms with Gasteiger partial charge in [0.15, 0.2) is 0 Å². The summed E-state index contributed by atoms with van der Waals surface area (Å²) in [5.41, 5.74) is 0.206. The normalized spacial score (nSPS) is 31.2. The lowest BCUT2D eigenvalue weighted by atomic mass is 9.62. The highest BCUT2D eigenvalue weighted by molar-refractivity contribution is 5.83. The van der Waals surface area contributed by atoms with Gasteiger partial charge in [0.25, 0.3) is 0 Å². The third-order valence-corrected chi connectivity index (χ3v) is 6.99. The molecule has 2 saturated carbocycles. The fraction of sp³-hybridized carbons (Fsp3) is 0.955. The smallest absolute Gasteiger partial charge is 0.136 e. The van der Waals surface area contributed by atoms with Crippen LogP contribution in [-0.2, 0) is 14.3 Å². The van der Waals surface area contributed by atoms with Crippen molar-refractivity contribution < 1.29 is 14.3 Å². The van der Waals surface area contributed by atoms with Crippen molar-refractivity contribution in [1.82, 2.24) is 0 Å². The Bertz CT molecular complexity index is 431. The molecule has 2 fully saturated rings. The van der Waals surface area contributed by atoms with Crippen LogP contribution >= 0.6 is 0 Å². The van der Waals surface area contributed by atoms with Gasteiger partial charge in [-0.15, -0.1) is 0 Å². The zero-order chi connectivity index (χ0) is 18.5. The molecule has 0 spiro atoms. The van der Waals surface area contributed by atoms with Gasteiger partial charge in [-0.25, -0.2) is 0 Å². The monoisotopic (exact) mass is 352 g/mol. The highest BCUT2D eigenvalue weighted by atomic mass is 16.5. The van der Waals surface area contributed by atoms with Crippen LogP contribution in [0.2, 0.25) is 0 Å². The van der Waals surface area contributed by atoms with Crippen LogP contribution in [-0.4, -0.2) is 31.2 Å². The van der Waals surface area contributed by atoms with Crippen LogP contribution in [0.1, 0.15) is 86.0 Å². The van der Waals surface area contributed by atoms with Crippen molar-refractivity contribution in [2.75, 3.05) is 19.8 Å². The number of carbonyl (C=O) groups excluding carboxylic acids is 1. The molecule has 2 rings (SSSR count). The second-order valence-corrected chi connectivity index (χ2v) is 9.24. The molecular formula is C22H40O3. The molecule has 0 unspecified atom stereocenters. The van der Waals surface area contributed by atoms with E-state index in [-0.39, 0.29) is 11.0 Å². The van der Waals surface area contributed by atoms with Crippen LogP contribution < -0.4 is 0 Å². The average molecular weight is 353 g/mol. The van der Waals surface area contributed by atoms with E-state index in [1.807, 2.05) is 6.92 Å². The number of rotatable bonds is 10. The van der Waals surface area contributed by atoms with Crippen LogP contribution in [0, 0.1) is 23.2 Å². The third kappa shape index (κ3) is 5.29. The molecule has 0 heterocycles. The van der Waals surface area contributed by atoms with Crippen LogP contribution in [0.4, 0.5) is 0 Å². The summed E-state index contributed by atoms with van der Waals surface area (Å²) in [6.45, 7) is 13.3. The Morgan fingerprint density at radius 1 is 1.28 bits per heavy atom. The summed E-state index contributed by atoms with van der Waals surface area (Å²) < 4.78 is 11.3. The number of carbonyl (C=O) groups is 1. The molecule has 0 radical (unpaired) electrons. The Morgan fingerprint density at radius 2 is 2.04 bits per heavy atom. The summed E-state index contributed by atoms with van der Waals surface area (Å²) in [5, 5.41) is 0. The van der Waals surface area contributed by atoms with Crippen molar-refractivity contribution in [1.29, 1.82) is 0 Å². The van der Waals surface area contributed by atoms with E-state index < -0.39 is 0 Å². The van der Waals surface area contributed by atoms with Crippen molar-refractivity contribution in [3.8, 4) is 0 Å². The summed E-state index contributed by atoms with van der Waals surface area (Å²) in [5.74, 6) is 2.34. The molecule has 0 bridgehead atoms. The molecule has 2 aliphatic rings. The molecule has 4 atom stereocenters. The predicted molar refractivity (Wildman–Crippen MR) is 103 cm³/mol. The molecule has 0 saturated heterocycles. The highest BCUT2D eigenvalue weighted by Gasteiger charge is 2.52. The molecule has 0 amide bonds. The molecule has 146 valence electrons. The van der Waals surface area contributed by atoms with Crippen molar-refractivity contribution in [2.24, 2.45) is 23.2 Å². The molecule has 3 nitrogen and oxygen atoms in total. The minimum Gasteiger partial charge on any atom is -0.379 e. The van der Waals surface area contributed by atoms with E-state index in [0.717, 1.165) is 38.2 Å². The molecule has 0 aliphatic heterocycles. The van der Waals surface area contributed by atoms with Crippen LogP contribution in [0.3, 0.4) is 0 Å². The first-order valence-electron chi connectivity index (χ1n) is 10.5. The van der Waals surface area contributed by atoms with Crippen LogP contribution in [0.5, 0.6) is 0 Å². The van der Waals surface area contributed by atoms with E-state index in [1.54, 1.807) is 0 Å². The van der Waals surface area contributed by atoms with Crippen molar-refractivity contribution >= 4 is 5.78 Å². The van der Waals surface area contributed by atoms with Gasteiger partial charge in [0, 0.05) is 18.9 Å². The number of Topliss-reactive ketones (excluding diaryl/α,β-unsaturated/α-hetero) is 1. The number of ketones is 1. The summed E-state index contributed by atoms with van der Waals surface area (Å²) >= 11 is 0. The molecule has 3 heteroatoms. The minimum atomic E-state index is -0.0697.